The van der Waals surface area contributed by atoms with Gasteiger partial charge in [-0.3, -0.25) is 0 Å². The molecular formula is C16H34N6+2. The Kier molecular flexibility index (Phi) is 5.55. The molecule has 0 radical (unpaired) electrons. The normalized spacial score (nSPS) is 24.7. The summed E-state index contributed by atoms with van der Waals surface area (Å²) in [4.78, 5) is 3.29. The van der Waals surface area contributed by atoms with Gasteiger partial charge < -0.3 is 9.80 Å². The number of nitrogens with one attached hydrogen (secondary N) is 2. The zero-order chi connectivity index (χ0) is 16.3. The summed E-state index contributed by atoms with van der Waals surface area (Å²) in [5.41, 5.74) is -0.0225. The van der Waals surface area contributed by atoms with Crippen LogP contribution >= 0.6 is 0 Å². The first-order chi connectivity index (χ1) is 10.3. The molecule has 0 spiro atoms. The van der Waals surface area contributed by atoms with Crippen LogP contribution in [0, 0.1) is 5.92 Å². The van der Waals surface area contributed by atoms with Gasteiger partial charge >= 0.3 is 0 Å². The Hall–Kier alpha value is -1.01. The highest BCUT2D eigenvalue weighted by atomic mass is 15.6. The summed E-state index contributed by atoms with van der Waals surface area (Å²) in [6.45, 7) is 16.1. The average molecular weight is 310 g/mol. The lowest BCUT2D eigenvalue weighted by atomic mass is 9.98. The number of tetrazole rings is 1. The van der Waals surface area contributed by atoms with Crippen LogP contribution in [0.5, 0.6) is 0 Å². The number of piperazine rings is 1. The molecule has 6 nitrogen and oxygen atoms in total. The van der Waals surface area contributed by atoms with Gasteiger partial charge in [0.15, 0.2) is 6.04 Å². The van der Waals surface area contributed by atoms with E-state index in [0.29, 0.717) is 12.0 Å². The molecule has 1 saturated heterocycles. The van der Waals surface area contributed by atoms with Gasteiger partial charge in [0.1, 0.15) is 26.2 Å². The van der Waals surface area contributed by atoms with Crippen LogP contribution in [0.15, 0.2) is 0 Å². The van der Waals surface area contributed by atoms with Gasteiger partial charge in [0.25, 0.3) is 0 Å². The molecule has 1 fully saturated rings. The van der Waals surface area contributed by atoms with Crippen LogP contribution in [0.1, 0.15) is 59.3 Å². The van der Waals surface area contributed by atoms with E-state index < -0.39 is 0 Å². The quantitative estimate of drug-likeness (QED) is 0.732. The molecule has 0 aliphatic carbocycles. The zero-order valence-corrected chi connectivity index (χ0v) is 15.2. The Bertz CT molecular complexity index is 459. The molecular weight excluding hydrogens is 276 g/mol. The van der Waals surface area contributed by atoms with Gasteiger partial charge in [-0.1, -0.05) is 20.8 Å². The Morgan fingerprint density at radius 3 is 2.36 bits per heavy atom. The lowest BCUT2D eigenvalue weighted by molar-refractivity contribution is -1.02. The molecule has 0 amide bonds. The van der Waals surface area contributed by atoms with Crippen molar-refractivity contribution in [2.24, 2.45) is 5.92 Å². The third-order valence-electron chi connectivity index (χ3n) is 5.19. The van der Waals surface area contributed by atoms with E-state index in [-0.39, 0.29) is 5.54 Å². The maximum atomic E-state index is 4.45. The monoisotopic (exact) mass is 310 g/mol. The molecule has 0 unspecified atom stereocenters. The fraction of sp³-hybridized carbons (Fsp3) is 0.938. The fourth-order valence-electron chi connectivity index (χ4n) is 3.26. The third-order valence-corrected chi connectivity index (χ3v) is 5.19. The van der Waals surface area contributed by atoms with Crippen molar-refractivity contribution >= 4 is 0 Å². The Morgan fingerprint density at radius 1 is 1.18 bits per heavy atom. The van der Waals surface area contributed by atoms with Crippen molar-refractivity contribution in [1.82, 2.24) is 20.2 Å². The molecule has 6 heteroatoms. The summed E-state index contributed by atoms with van der Waals surface area (Å²) in [6, 6.07) is 0.411. The standard InChI is InChI=1S/C16H32N6/c1-7-16(4,5)22-15(17-18-19-22)14(12-13(2)3)21-10-8-20(6)9-11-21/h13-14H,7-12H2,1-6H3/p+2/t14-/m0/s1. The summed E-state index contributed by atoms with van der Waals surface area (Å²) in [6.07, 6.45) is 2.18. The summed E-state index contributed by atoms with van der Waals surface area (Å²) in [5.74, 6) is 1.73. The molecule has 0 saturated carbocycles. The van der Waals surface area contributed by atoms with Crippen LogP contribution in [0.4, 0.5) is 0 Å². The minimum atomic E-state index is -0.0225. The van der Waals surface area contributed by atoms with E-state index in [1.165, 1.54) is 26.2 Å². The van der Waals surface area contributed by atoms with Gasteiger partial charge in [-0.05, 0) is 36.6 Å². The predicted octanol–water partition coefficient (Wildman–Crippen LogP) is -0.681. The minimum Gasteiger partial charge on any atom is -0.328 e. The van der Waals surface area contributed by atoms with E-state index in [1.807, 2.05) is 0 Å². The van der Waals surface area contributed by atoms with E-state index >= 15 is 0 Å². The van der Waals surface area contributed by atoms with Gasteiger partial charge in [-0.15, -0.1) is 5.10 Å². The number of hydrogen-bond donors (Lipinski definition) is 2. The van der Waals surface area contributed by atoms with Gasteiger partial charge in [0.2, 0.25) is 5.82 Å². The van der Waals surface area contributed by atoms with Crippen molar-refractivity contribution in [3.8, 4) is 0 Å². The average Bonchev–Trinajstić information content (AvgIpc) is 2.95. The zero-order valence-electron chi connectivity index (χ0n) is 15.2. The maximum absolute atomic E-state index is 4.45. The Labute approximate surface area is 134 Å². The second-order valence-corrected chi connectivity index (χ2v) is 7.91. The fourth-order valence-corrected chi connectivity index (χ4v) is 3.26. The molecule has 0 aromatic carbocycles. The molecule has 1 aromatic rings. The van der Waals surface area contributed by atoms with E-state index in [2.05, 4.69) is 61.9 Å². The van der Waals surface area contributed by atoms with Crippen molar-refractivity contribution in [3.63, 3.8) is 0 Å². The highest BCUT2D eigenvalue weighted by molar-refractivity contribution is 4.93. The van der Waals surface area contributed by atoms with Crippen LogP contribution in [0.2, 0.25) is 0 Å². The number of quaternary nitrogens is 2. The SMILES string of the molecule is CCC(C)(C)n1nnnc1[C@H](CC(C)C)[NH+]1CC[NH+](C)CC1. The molecule has 1 atom stereocenters. The van der Waals surface area contributed by atoms with Crippen molar-refractivity contribution in [1.29, 1.82) is 0 Å². The summed E-state index contributed by atoms with van der Waals surface area (Å²) < 4.78 is 2.08. The van der Waals surface area contributed by atoms with E-state index in [1.54, 1.807) is 9.80 Å². The largest absolute Gasteiger partial charge is 0.328 e. The third kappa shape index (κ3) is 3.84. The molecule has 1 aliphatic rings. The van der Waals surface area contributed by atoms with E-state index in [0.717, 1.165) is 18.7 Å². The number of aromatic nitrogens is 4. The predicted molar refractivity (Wildman–Crippen MR) is 86.9 cm³/mol. The van der Waals surface area contributed by atoms with E-state index in [9.17, 15) is 0 Å². The first-order valence-electron chi connectivity index (χ1n) is 8.79. The van der Waals surface area contributed by atoms with Crippen LogP contribution in [-0.2, 0) is 5.54 Å². The highest BCUT2D eigenvalue weighted by Gasteiger charge is 2.36. The summed E-state index contributed by atoms with van der Waals surface area (Å²) in [5, 5.41) is 12.8. The molecule has 22 heavy (non-hydrogen) atoms. The second kappa shape index (κ2) is 7.04. The van der Waals surface area contributed by atoms with Crippen LogP contribution in [0.3, 0.4) is 0 Å². The van der Waals surface area contributed by atoms with Crippen molar-refractivity contribution < 1.29 is 9.80 Å². The first-order valence-corrected chi connectivity index (χ1v) is 8.79. The molecule has 1 aliphatic heterocycles. The van der Waals surface area contributed by atoms with Crippen LogP contribution < -0.4 is 9.80 Å². The lowest BCUT2D eigenvalue weighted by Crippen LogP contribution is -3.27. The van der Waals surface area contributed by atoms with Crippen LogP contribution in [0.25, 0.3) is 0 Å². The molecule has 126 valence electrons. The van der Waals surface area contributed by atoms with Gasteiger partial charge in [0, 0.05) is 6.42 Å². The van der Waals surface area contributed by atoms with Gasteiger partial charge in [-0.25, -0.2) is 4.68 Å². The first kappa shape index (κ1) is 17.3. The molecule has 1 aromatic heterocycles. The number of rotatable bonds is 6. The summed E-state index contributed by atoms with van der Waals surface area (Å²) >= 11 is 0. The number of likely N-dealkylation sites (N-methyl/N-ethyl adjacent to an activating group) is 1. The highest BCUT2D eigenvalue weighted by Crippen LogP contribution is 2.24. The number of nitrogens with zero attached hydrogens (tertiary/aromatic N) is 4. The smallest absolute Gasteiger partial charge is 0.209 e. The summed E-state index contributed by atoms with van der Waals surface area (Å²) in [7, 11) is 2.29. The Balaban J connectivity index is 2.28. The van der Waals surface area contributed by atoms with Crippen molar-refractivity contribution in [2.45, 2.75) is 59.0 Å². The van der Waals surface area contributed by atoms with Crippen LogP contribution in [-0.4, -0.2) is 53.4 Å². The lowest BCUT2D eigenvalue weighted by Gasteiger charge is -2.35. The molecule has 2 rings (SSSR count). The van der Waals surface area contributed by atoms with Crippen molar-refractivity contribution in [2.75, 3.05) is 33.2 Å². The number of hydrogen-bond acceptors (Lipinski definition) is 3. The second-order valence-electron chi connectivity index (χ2n) is 7.91. The minimum absolute atomic E-state index is 0.0225. The maximum Gasteiger partial charge on any atom is 0.209 e. The van der Waals surface area contributed by atoms with E-state index in [4.69, 9.17) is 0 Å². The molecule has 2 heterocycles. The van der Waals surface area contributed by atoms with Gasteiger partial charge in [-0.2, -0.15) is 0 Å². The topological polar surface area (TPSA) is 52.5 Å². The molecule has 0 bridgehead atoms. The van der Waals surface area contributed by atoms with Crippen molar-refractivity contribution in [3.05, 3.63) is 5.82 Å². The van der Waals surface area contributed by atoms with Gasteiger partial charge in [0.05, 0.1) is 12.6 Å². The Morgan fingerprint density at radius 2 is 1.82 bits per heavy atom. The molecule has 2 N–H and O–H groups in total.